The lowest BCUT2D eigenvalue weighted by Crippen LogP contribution is -1.97. The molecule has 3 aromatic rings. The summed E-state index contributed by atoms with van der Waals surface area (Å²) >= 11 is 7.70. The van der Waals surface area contributed by atoms with E-state index < -0.39 is 0 Å². The van der Waals surface area contributed by atoms with Crippen molar-refractivity contribution in [1.29, 1.82) is 0 Å². The lowest BCUT2D eigenvalue weighted by Gasteiger charge is -2.01. The highest BCUT2D eigenvalue weighted by molar-refractivity contribution is 7.17. The fraction of sp³-hybridized carbons (Fsp3) is 0.167. The summed E-state index contributed by atoms with van der Waals surface area (Å²) in [5.41, 5.74) is 1.00. The first-order valence-electron chi connectivity index (χ1n) is 5.27. The zero-order valence-electron chi connectivity index (χ0n) is 9.17. The van der Waals surface area contributed by atoms with E-state index in [-0.39, 0.29) is 5.38 Å². The standard InChI is InChI=1S/C12H10ClN3S/c1-8(13)10-6-15-16(7-10)12-11-9(2-4-14-12)3-5-17-11/h2-8H,1H3. The molecule has 5 heteroatoms. The number of hydrogen-bond acceptors (Lipinski definition) is 3. The highest BCUT2D eigenvalue weighted by Crippen LogP contribution is 2.26. The molecule has 0 aliphatic heterocycles. The summed E-state index contributed by atoms with van der Waals surface area (Å²) in [7, 11) is 0. The van der Waals surface area contributed by atoms with Gasteiger partial charge in [-0.25, -0.2) is 9.67 Å². The number of halogens is 1. The van der Waals surface area contributed by atoms with Gasteiger partial charge in [0.15, 0.2) is 5.82 Å². The first kappa shape index (κ1) is 10.7. The van der Waals surface area contributed by atoms with E-state index >= 15 is 0 Å². The summed E-state index contributed by atoms with van der Waals surface area (Å²) in [5, 5.41) is 7.53. The molecule has 1 atom stereocenters. The predicted molar refractivity (Wildman–Crippen MR) is 71.0 cm³/mol. The van der Waals surface area contributed by atoms with Crippen LogP contribution in [0.15, 0.2) is 36.1 Å². The minimum atomic E-state index is -0.0358. The summed E-state index contributed by atoms with van der Waals surface area (Å²) in [4.78, 5) is 4.39. The van der Waals surface area contributed by atoms with Gasteiger partial charge in [-0.05, 0) is 29.8 Å². The fourth-order valence-electron chi connectivity index (χ4n) is 1.70. The smallest absolute Gasteiger partial charge is 0.171 e. The van der Waals surface area contributed by atoms with Gasteiger partial charge >= 0.3 is 0 Å². The van der Waals surface area contributed by atoms with E-state index in [0.29, 0.717) is 0 Å². The molecule has 0 spiro atoms. The Morgan fingerprint density at radius 3 is 3.06 bits per heavy atom. The molecular formula is C12H10ClN3S. The van der Waals surface area contributed by atoms with Crippen molar-refractivity contribution < 1.29 is 0 Å². The SMILES string of the molecule is CC(Cl)c1cnn(-c2nccc3ccsc23)c1. The second-order valence-corrected chi connectivity index (χ2v) is 5.38. The molecule has 3 aromatic heterocycles. The van der Waals surface area contributed by atoms with Crippen molar-refractivity contribution in [2.75, 3.05) is 0 Å². The van der Waals surface area contributed by atoms with E-state index in [0.717, 1.165) is 16.1 Å². The van der Waals surface area contributed by atoms with Gasteiger partial charge in [0.25, 0.3) is 0 Å². The number of aromatic nitrogens is 3. The predicted octanol–water partition coefficient (Wildman–Crippen LogP) is 3.78. The molecule has 0 radical (unpaired) electrons. The third-order valence-corrected chi connectivity index (χ3v) is 3.81. The molecule has 0 N–H and O–H groups in total. The highest BCUT2D eigenvalue weighted by Gasteiger charge is 2.09. The van der Waals surface area contributed by atoms with Crippen LogP contribution in [0.5, 0.6) is 0 Å². The Morgan fingerprint density at radius 2 is 2.29 bits per heavy atom. The molecule has 0 saturated heterocycles. The second-order valence-electron chi connectivity index (χ2n) is 3.81. The van der Waals surface area contributed by atoms with E-state index in [1.54, 1.807) is 28.4 Å². The molecule has 3 rings (SSSR count). The van der Waals surface area contributed by atoms with Crippen molar-refractivity contribution in [2.24, 2.45) is 0 Å². The minimum absolute atomic E-state index is 0.0358. The first-order chi connectivity index (χ1) is 8.25. The maximum Gasteiger partial charge on any atom is 0.171 e. The monoisotopic (exact) mass is 263 g/mol. The lowest BCUT2D eigenvalue weighted by atomic mass is 10.3. The van der Waals surface area contributed by atoms with Gasteiger partial charge in [0.2, 0.25) is 0 Å². The van der Waals surface area contributed by atoms with Gasteiger partial charge in [-0.1, -0.05) is 0 Å². The van der Waals surface area contributed by atoms with Gasteiger partial charge in [0.05, 0.1) is 16.3 Å². The molecule has 0 fully saturated rings. The quantitative estimate of drug-likeness (QED) is 0.659. The number of rotatable bonds is 2. The number of fused-ring (bicyclic) bond motifs is 1. The lowest BCUT2D eigenvalue weighted by molar-refractivity contribution is 0.856. The van der Waals surface area contributed by atoms with Gasteiger partial charge in [-0.15, -0.1) is 22.9 Å². The molecule has 0 aromatic carbocycles. The average molecular weight is 264 g/mol. The van der Waals surface area contributed by atoms with E-state index in [4.69, 9.17) is 11.6 Å². The molecule has 86 valence electrons. The Hall–Kier alpha value is -1.39. The van der Waals surface area contributed by atoms with Crippen molar-refractivity contribution in [2.45, 2.75) is 12.3 Å². The van der Waals surface area contributed by atoms with Crippen LogP contribution in [0.1, 0.15) is 17.9 Å². The summed E-state index contributed by atoms with van der Waals surface area (Å²) < 4.78 is 2.93. The molecule has 0 aliphatic carbocycles. The van der Waals surface area contributed by atoms with Crippen LogP contribution < -0.4 is 0 Å². The number of hydrogen-bond donors (Lipinski definition) is 0. The molecule has 0 saturated carbocycles. The van der Waals surface area contributed by atoms with Crippen LogP contribution in [0.3, 0.4) is 0 Å². The van der Waals surface area contributed by atoms with Crippen molar-refractivity contribution in [3.05, 3.63) is 41.7 Å². The van der Waals surface area contributed by atoms with Crippen LogP contribution in [0.2, 0.25) is 0 Å². The molecule has 3 nitrogen and oxygen atoms in total. The number of pyridine rings is 1. The first-order valence-corrected chi connectivity index (χ1v) is 6.58. The summed E-state index contributed by atoms with van der Waals surface area (Å²) in [6, 6.07) is 4.09. The zero-order chi connectivity index (χ0) is 11.8. The topological polar surface area (TPSA) is 30.7 Å². The summed E-state index contributed by atoms with van der Waals surface area (Å²) in [6.07, 6.45) is 5.51. The van der Waals surface area contributed by atoms with Crippen LogP contribution in [0.25, 0.3) is 15.9 Å². The average Bonchev–Trinajstić information content (AvgIpc) is 2.97. The molecule has 0 amide bonds. The third kappa shape index (κ3) is 1.83. The van der Waals surface area contributed by atoms with Gasteiger partial charge < -0.3 is 0 Å². The van der Waals surface area contributed by atoms with Gasteiger partial charge in [0, 0.05) is 18.0 Å². The third-order valence-electron chi connectivity index (χ3n) is 2.63. The van der Waals surface area contributed by atoms with E-state index in [2.05, 4.69) is 21.5 Å². The second kappa shape index (κ2) is 4.13. The zero-order valence-corrected chi connectivity index (χ0v) is 10.7. The van der Waals surface area contributed by atoms with E-state index in [9.17, 15) is 0 Å². The largest absolute Gasteiger partial charge is 0.236 e. The van der Waals surface area contributed by atoms with Gasteiger partial charge in [-0.2, -0.15) is 5.10 Å². The van der Waals surface area contributed by atoms with E-state index in [1.165, 1.54) is 5.39 Å². The van der Waals surface area contributed by atoms with Gasteiger partial charge in [0.1, 0.15) is 0 Å². The van der Waals surface area contributed by atoms with Crippen LogP contribution >= 0.6 is 22.9 Å². The highest BCUT2D eigenvalue weighted by atomic mass is 35.5. The molecule has 0 bridgehead atoms. The fourth-order valence-corrected chi connectivity index (χ4v) is 2.69. The normalized spacial score (nSPS) is 13.1. The van der Waals surface area contributed by atoms with Crippen molar-refractivity contribution >= 4 is 33.0 Å². The van der Waals surface area contributed by atoms with Crippen molar-refractivity contribution in [3.8, 4) is 5.82 Å². The number of alkyl halides is 1. The van der Waals surface area contributed by atoms with Crippen molar-refractivity contribution in [3.63, 3.8) is 0 Å². The van der Waals surface area contributed by atoms with E-state index in [1.807, 2.05) is 19.2 Å². The van der Waals surface area contributed by atoms with Crippen LogP contribution in [-0.4, -0.2) is 14.8 Å². The molecule has 17 heavy (non-hydrogen) atoms. The Kier molecular flexibility index (Phi) is 2.61. The number of nitrogens with zero attached hydrogens (tertiary/aromatic N) is 3. The Balaban J connectivity index is 2.16. The minimum Gasteiger partial charge on any atom is -0.236 e. The molecule has 0 aliphatic rings. The Labute approximate surface area is 108 Å². The summed E-state index contributed by atoms with van der Waals surface area (Å²) in [5.74, 6) is 0.862. The maximum atomic E-state index is 6.03. The van der Waals surface area contributed by atoms with Crippen LogP contribution in [0.4, 0.5) is 0 Å². The Bertz CT molecular complexity index is 656. The molecular weight excluding hydrogens is 254 g/mol. The van der Waals surface area contributed by atoms with Gasteiger partial charge in [-0.3, -0.25) is 0 Å². The maximum absolute atomic E-state index is 6.03. The summed E-state index contributed by atoms with van der Waals surface area (Å²) in [6.45, 7) is 1.93. The number of thiophene rings is 1. The Morgan fingerprint density at radius 1 is 1.41 bits per heavy atom. The molecule has 1 unspecified atom stereocenters. The van der Waals surface area contributed by atoms with Crippen LogP contribution in [-0.2, 0) is 0 Å². The van der Waals surface area contributed by atoms with Crippen LogP contribution in [0, 0.1) is 0 Å². The van der Waals surface area contributed by atoms with Crippen molar-refractivity contribution in [1.82, 2.24) is 14.8 Å². The molecule has 3 heterocycles.